The topological polar surface area (TPSA) is 51.2 Å². The normalized spacial score (nSPS) is 10.4. The molecule has 0 spiro atoms. The van der Waals surface area contributed by atoms with E-state index in [4.69, 9.17) is 4.74 Å². The number of aromatic nitrogens is 1. The Morgan fingerprint density at radius 1 is 1.25 bits per heavy atom. The molecule has 0 aliphatic heterocycles. The SMILES string of the molecule is O=C(Nc1nc(-c2cc(Br)ccc2F)cs1)OCc1ccccc1. The lowest BCUT2D eigenvalue weighted by atomic mass is 10.2. The van der Waals surface area contributed by atoms with Gasteiger partial charge in [0, 0.05) is 15.4 Å². The molecule has 1 N–H and O–H groups in total. The second kappa shape index (κ2) is 7.55. The second-order valence-corrected chi connectivity index (χ2v) is 6.62. The minimum Gasteiger partial charge on any atom is -0.444 e. The van der Waals surface area contributed by atoms with Gasteiger partial charge in [0.15, 0.2) is 5.13 Å². The molecule has 2 aromatic carbocycles. The van der Waals surface area contributed by atoms with E-state index in [1.807, 2.05) is 30.3 Å². The van der Waals surface area contributed by atoms with Crippen molar-refractivity contribution in [1.29, 1.82) is 0 Å². The summed E-state index contributed by atoms with van der Waals surface area (Å²) in [6.45, 7) is 0.172. The molecule has 0 aliphatic rings. The summed E-state index contributed by atoms with van der Waals surface area (Å²) in [5, 5.41) is 4.58. The van der Waals surface area contributed by atoms with Gasteiger partial charge in [0.05, 0.1) is 5.69 Å². The molecule has 3 aromatic rings. The molecule has 1 heterocycles. The van der Waals surface area contributed by atoms with Crippen LogP contribution in [-0.4, -0.2) is 11.1 Å². The number of nitrogens with zero attached hydrogens (tertiary/aromatic N) is 1. The number of carbonyl (C=O) groups is 1. The molecule has 24 heavy (non-hydrogen) atoms. The number of thiazole rings is 1. The van der Waals surface area contributed by atoms with Crippen LogP contribution < -0.4 is 5.32 Å². The zero-order valence-electron chi connectivity index (χ0n) is 12.3. The van der Waals surface area contributed by atoms with Gasteiger partial charge in [-0.25, -0.2) is 14.2 Å². The lowest BCUT2D eigenvalue weighted by Gasteiger charge is -2.04. The summed E-state index contributed by atoms with van der Waals surface area (Å²) in [5.74, 6) is -0.373. The third kappa shape index (κ3) is 4.18. The standard InChI is InChI=1S/C17H12BrFN2O2S/c18-12-6-7-14(19)13(8-12)15-10-24-16(20-15)21-17(22)23-9-11-4-2-1-3-5-11/h1-8,10H,9H2,(H,20,21,22). The number of halogens is 2. The molecule has 1 amide bonds. The zero-order chi connectivity index (χ0) is 16.9. The molecule has 0 unspecified atom stereocenters. The number of amides is 1. The lowest BCUT2D eigenvalue weighted by Crippen LogP contribution is -2.13. The second-order valence-electron chi connectivity index (χ2n) is 4.85. The molecule has 122 valence electrons. The van der Waals surface area contributed by atoms with Gasteiger partial charge in [-0.3, -0.25) is 5.32 Å². The molecule has 1 aromatic heterocycles. The van der Waals surface area contributed by atoms with Gasteiger partial charge in [0.25, 0.3) is 0 Å². The van der Waals surface area contributed by atoms with Crippen LogP contribution in [0.1, 0.15) is 5.56 Å². The van der Waals surface area contributed by atoms with Gasteiger partial charge >= 0.3 is 6.09 Å². The molecule has 0 saturated carbocycles. The first-order chi connectivity index (χ1) is 11.6. The molecule has 0 radical (unpaired) electrons. The van der Waals surface area contributed by atoms with Crippen molar-refractivity contribution in [1.82, 2.24) is 4.98 Å². The molecule has 7 heteroatoms. The fraction of sp³-hybridized carbons (Fsp3) is 0.0588. The summed E-state index contributed by atoms with van der Waals surface area (Å²) in [5.41, 5.74) is 1.71. The zero-order valence-corrected chi connectivity index (χ0v) is 14.7. The summed E-state index contributed by atoms with van der Waals surface area (Å²) in [6, 6.07) is 14.0. The minimum absolute atomic E-state index is 0.172. The molecular weight excluding hydrogens is 395 g/mol. The molecular formula is C17H12BrFN2O2S. The third-order valence-electron chi connectivity index (χ3n) is 3.13. The van der Waals surface area contributed by atoms with E-state index in [0.29, 0.717) is 16.4 Å². The summed E-state index contributed by atoms with van der Waals surface area (Å²) < 4.78 is 19.7. The summed E-state index contributed by atoms with van der Waals surface area (Å²) in [6.07, 6.45) is -0.602. The van der Waals surface area contributed by atoms with Crippen molar-refractivity contribution in [3.8, 4) is 11.3 Å². The number of benzene rings is 2. The smallest absolute Gasteiger partial charge is 0.413 e. The van der Waals surface area contributed by atoms with Gasteiger partial charge in [-0.15, -0.1) is 11.3 Å². The summed E-state index contributed by atoms with van der Waals surface area (Å²) >= 11 is 4.51. The van der Waals surface area contributed by atoms with Crippen LogP contribution in [0.2, 0.25) is 0 Å². The Hall–Kier alpha value is -2.25. The van der Waals surface area contributed by atoms with E-state index in [2.05, 4.69) is 26.2 Å². The van der Waals surface area contributed by atoms with Crippen molar-refractivity contribution in [2.24, 2.45) is 0 Å². The number of ether oxygens (including phenoxy) is 1. The monoisotopic (exact) mass is 406 g/mol. The predicted molar refractivity (Wildman–Crippen MR) is 95.5 cm³/mol. The van der Waals surface area contributed by atoms with Crippen LogP contribution in [0.15, 0.2) is 58.4 Å². The average Bonchev–Trinajstić information content (AvgIpc) is 3.04. The molecule has 0 fully saturated rings. The lowest BCUT2D eigenvalue weighted by molar-refractivity contribution is 0.155. The van der Waals surface area contributed by atoms with E-state index in [1.165, 1.54) is 17.4 Å². The highest BCUT2D eigenvalue weighted by Crippen LogP contribution is 2.29. The van der Waals surface area contributed by atoms with Crippen molar-refractivity contribution >= 4 is 38.5 Å². The van der Waals surface area contributed by atoms with Gasteiger partial charge in [-0.1, -0.05) is 46.3 Å². The Kier molecular flexibility index (Phi) is 5.22. The van der Waals surface area contributed by atoms with E-state index in [9.17, 15) is 9.18 Å². The fourth-order valence-corrected chi connectivity index (χ4v) is 3.05. The van der Waals surface area contributed by atoms with Crippen LogP contribution in [0.25, 0.3) is 11.3 Å². The van der Waals surface area contributed by atoms with Crippen LogP contribution in [0.4, 0.5) is 14.3 Å². The maximum absolute atomic E-state index is 13.9. The Morgan fingerprint density at radius 3 is 2.83 bits per heavy atom. The maximum atomic E-state index is 13.9. The van der Waals surface area contributed by atoms with Crippen LogP contribution in [0, 0.1) is 5.82 Å². The van der Waals surface area contributed by atoms with E-state index in [-0.39, 0.29) is 12.4 Å². The Bertz CT molecular complexity index is 855. The van der Waals surface area contributed by atoms with Gasteiger partial charge < -0.3 is 4.74 Å². The molecule has 4 nitrogen and oxygen atoms in total. The van der Waals surface area contributed by atoms with Gasteiger partial charge in [-0.2, -0.15) is 0 Å². The van der Waals surface area contributed by atoms with Crippen molar-refractivity contribution < 1.29 is 13.9 Å². The largest absolute Gasteiger partial charge is 0.444 e. The maximum Gasteiger partial charge on any atom is 0.413 e. The number of carbonyl (C=O) groups excluding carboxylic acids is 1. The third-order valence-corrected chi connectivity index (χ3v) is 4.38. The summed E-state index contributed by atoms with van der Waals surface area (Å²) in [7, 11) is 0. The minimum atomic E-state index is -0.602. The number of nitrogens with one attached hydrogen (secondary N) is 1. The first kappa shape index (κ1) is 16.6. The Morgan fingerprint density at radius 2 is 2.04 bits per heavy atom. The number of anilines is 1. The van der Waals surface area contributed by atoms with E-state index in [0.717, 1.165) is 10.0 Å². The molecule has 0 saturated heterocycles. The van der Waals surface area contributed by atoms with Crippen LogP contribution in [-0.2, 0) is 11.3 Å². The highest BCUT2D eigenvalue weighted by molar-refractivity contribution is 9.10. The number of hydrogen-bond donors (Lipinski definition) is 1. The number of rotatable bonds is 4. The highest BCUT2D eigenvalue weighted by Gasteiger charge is 2.12. The van der Waals surface area contributed by atoms with Crippen LogP contribution in [0.5, 0.6) is 0 Å². The molecule has 0 aliphatic carbocycles. The first-order valence-corrected chi connectivity index (χ1v) is 8.68. The Labute approximate surface area is 150 Å². The van der Waals surface area contributed by atoms with Gasteiger partial charge in [0.2, 0.25) is 0 Å². The molecule has 0 bridgehead atoms. The van der Waals surface area contributed by atoms with Crippen molar-refractivity contribution in [3.63, 3.8) is 0 Å². The van der Waals surface area contributed by atoms with E-state index >= 15 is 0 Å². The molecule has 3 rings (SSSR count). The van der Waals surface area contributed by atoms with E-state index in [1.54, 1.807) is 17.5 Å². The predicted octanol–water partition coefficient (Wildman–Crippen LogP) is 5.46. The summed E-state index contributed by atoms with van der Waals surface area (Å²) in [4.78, 5) is 16.0. The van der Waals surface area contributed by atoms with Gasteiger partial charge in [0.1, 0.15) is 12.4 Å². The molecule has 0 atom stereocenters. The van der Waals surface area contributed by atoms with Crippen molar-refractivity contribution in [3.05, 3.63) is 69.8 Å². The van der Waals surface area contributed by atoms with Gasteiger partial charge in [-0.05, 0) is 23.8 Å². The first-order valence-electron chi connectivity index (χ1n) is 7.00. The van der Waals surface area contributed by atoms with Crippen molar-refractivity contribution in [2.75, 3.05) is 5.32 Å². The quantitative estimate of drug-likeness (QED) is 0.625. The fourth-order valence-electron chi connectivity index (χ4n) is 2.00. The average molecular weight is 407 g/mol. The highest BCUT2D eigenvalue weighted by atomic mass is 79.9. The Balaban J connectivity index is 1.63. The number of hydrogen-bond acceptors (Lipinski definition) is 4. The van der Waals surface area contributed by atoms with E-state index < -0.39 is 6.09 Å². The van der Waals surface area contributed by atoms with Crippen LogP contribution in [0.3, 0.4) is 0 Å². The van der Waals surface area contributed by atoms with Crippen molar-refractivity contribution in [2.45, 2.75) is 6.61 Å². The van der Waals surface area contributed by atoms with Crippen LogP contribution >= 0.6 is 27.3 Å².